The molecule has 0 bridgehead atoms. The van der Waals surface area contributed by atoms with Gasteiger partial charge in [0.05, 0.1) is 12.2 Å². The first-order chi connectivity index (χ1) is 5.54. The number of aliphatic hydroxyl groups excluding tert-OH is 2. The monoisotopic (exact) mass is 172 g/mol. The molecule has 0 aromatic carbocycles. The Kier molecular flexibility index (Phi) is 12.1. The highest BCUT2D eigenvalue weighted by atomic mass is 16.3. The lowest BCUT2D eigenvalue weighted by atomic mass is 10.3. The third-order valence-electron chi connectivity index (χ3n) is 1.02. The van der Waals surface area contributed by atoms with Gasteiger partial charge < -0.3 is 10.2 Å². The Balaban J connectivity index is 0. The maximum atomic E-state index is 8.48. The Labute approximate surface area is 75.2 Å². The number of hydrogen-bond acceptors (Lipinski definition) is 2. The fourth-order valence-electron chi connectivity index (χ4n) is 0.482. The minimum atomic E-state index is -0.220. The number of hydrogen-bond donors (Lipinski definition) is 2. The minimum absolute atomic E-state index is 0.220. The molecule has 2 nitrogen and oxygen atoms in total. The van der Waals surface area contributed by atoms with Crippen molar-refractivity contribution in [3.05, 3.63) is 25.3 Å². The third-order valence-corrected chi connectivity index (χ3v) is 1.02. The second-order valence-electron chi connectivity index (χ2n) is 2.75. The molecular weight excluding hydrogens is 152 g/mol. The first-order valence-corrected chi connectivity index (χ1v) is 4.12. The highest BCUT2D eigenvalue weighted by Crippen LogP contribution is 1.86. The molecule has 12 heavy (non-hydrogen) atoms. The van der Waals surface area contributed by atoms with Crippen molar-refractivity contribution >= 4 is 0 Å². The topological polar surface area (TPSA) is 40.5 Å². The Hall–Kier alpha value is -0.600. The van der Waals surface area contributed by atoms with Crippen molar-refractivity contribution < 1.29 is 10.2 Å². The fourth-order valence-corrected chi connectivity index (χ4v) is 0.482. The first-order valence-electron chi connectivity index (χ1n) is 4.12. The fraction of sp³-hybridized carbons (Fsp3) is 0.600. The number of rotatable bonds is 4. The summed E-state index contributed by atoms with van der Waals surface area (Å²) in [5, 5.41) is 17.0. The molecule has 0 unspecified atom stereocenters. The van der Waals surface area contributed by atoms with Crippen LogP contribution in [0.25, 0.3) is 0 Å². The van der Waals surface area contributed by atoms with Crippen LogP contribution in [0.15, 0.2) is 25.3 Å². The average Bonchev–Trinajstić information content (AvgIpc) is 1.87. The van der Waals surface area contributed by atoms with Crippen LogP contribution in [-0.2, 0) is 0 Å². The van der Waals surface area contributed by atoms with Gasteiger partial charge >= 0.3 is 0 Å². The van der Waals surface area contributed by atoms with Gasteiger partial charge in [0.2, 0.25) is 0 Å². The summed E-state index contributed by atoms with van der Waals surface area (Å²) < 4.78 is 0. The lowest BCUT2D eigenvalue weighted by Gasteiger charge is -1.92. The largest absolute Gasteiger partial charge is 0.393 e. The highest BCUT2D eigenvalue weighted by molar-refractivity contribution is 4.68. The van der Waals surface area contributed by atoms with Crippen LogP contribution >= 0.6 is 0 Å². The van der Waals surface area contributed by atoms with Crippen molar-refractivity contribution in [2.24, 2.45) is 0 Å². The Bertz CT molecular complexity index is 92.4. The maximum Gasteiger partial charge on any atom is 0.0546 e. The van der Waals surface area contributed by atoms with Crippen LogP contribution in [0.2, 0.25) is 0 Å². The van der Waals surface area contributed by atoms with E-state index in [0.717, 1.165) is 0 Å². The standard InChI is InChI=1S/2C5H10O/c2*1-3-4-5(2)6/h2*3,5-6H,1,4H2,2H3/t2*5-/m00/s1. The van der Waals surface area contributed by atoms with Crippen LogP contribution in [0.1, 0.15) is 26.7 Å². The van der Waals surface area contributed by atoms with Gasteiger partial charge in [-0.15, -0.1) is 13.2 Å². The highest BCUT2D eigenvalue weighted by Gasteiger charge is 1.84. The Morgan fingerprint density at radius 3 is 1.25 bits per heavy atom. The van der Waals surface area contributed by atoms with Crippen LogP contribution in [0.3, 0.4) is 0 Å². The molecule has 0 aromatic rings. The van der Waals surface area contributed by atoms with Gasteiger partial charge in [0.25, 0.3) is 0 Å². The molecule has 0 aliphatic rings. The molecule has 2 N–H and O–H groups in total. The van der Waals surface area contributed by atoms with Crippen molar-refractivity contribution in [1.82, 2.24) is 0 Å². The van der Waals surface area contributed by atoms with Gasteiger partial charge in [-0.25, -0.2) is 0 Å². The molecule has 72 valence electrons. The summed E-state index contributed by atoms with van der Waals surface area (Å²) in [6.07, 6.45) is 4.35. The van der Waals surface area contributed by atoms with E-state index in [4.69, 9.17) is 10.2 Å². The van der Waals surface area contributed by atoms with E-state index in [0.29, 0.717) is 12.8 Å². The lowest BCUT2D eigenvalue weighted by molar-refractivity contribution is 0.198. The average molecular weight is 172 g/mol. The van der Waals surface area contributed by atoms with E-state index >= 15 is 0 Å². The SMILES string of the molecule is C=CC[C@H](C)O.C=CC[C@H](C)O. The summed E-state index contributed by atoms with van der Waals surface area (Å²) in [5.74, 6) is 0. The van der Waals surface area contributed by atoms with Crippen molar-refractivity contribution in [2.75, 3.05) is 0 Å². The molecule has 0 aliphatic carbocycles. The summed E-state index contributed by atoms with van der Waals surface area (Å²) in [5.41, 5.74) is 0. The van der Waals surface area contributed by atoms with Crippen molar-refractivity contribution in [3.8, 4) is 0 Å². The van der Waals surface area contributed by atoms with Crippen molar-refractivity contribution in [1.29, 1.82) is 0 Å². The molecule has 0 radical (unpaired) electrons. The summed E-state index contributed by atoms with van der Waals surface area (Å²) in [6, 6.07) is 0. The molecule has 2 atom stereocenters. The molecule has 0 saturated heterocycles. The molecule has 2 heteroatoms. The Morgan fingerprint density at radius 2 is 1.25 bits per heavy atom. The van der Waals surface area contributed by atoms with E-state index in [-0.39, 0.29) is 12.2 Å². The summed E-state index contributed by atoms with van der Waals surface area (Å²) in [6.45, 7) is 10.4. The normalized spacial score (nSPS) is 13.7. The van der Waals surface area contributed by atoms with E-state index in [1.165, 1.54) is 0 Å². The maximum absolute atomic E-state index is 8.48. The summed E-state index contributed by atoms with van der Waals surface area (Å²) >= 11 is 0. The molecular formula is C10H20O2. The van der Waals surface area contributed by atoms with Gasteiger partial charge in [-0.3, -0.25) is 0 Å². The third kappa shape index (κ3) is 22.7. The second kappa shape index (κ2) is 10.4. The molecule has 0 rings (SSSR count). The zero-order valence-corrected chi connectivity index (χ0v) is 8.03. The molecule has 0 fully saturated rings. The molecule has 0 saturated carbocycles. The number of aliphatic hydroxyl groups is 2. The van der Waals surface area contributed by atoms with E-state index < -0.39 is 0 Å². The smallest absolute Gasteiger partial charge is 0.0546 e. The van der Waals surface area contributed by atoms with Crippen LogP contribution in [0, 0.1) is 0 Å². The second-order valence-corrected chi connectivity index (χ2v) is 2.75. The molecule has 0 aliphatic heterocycles. The molecule has 0 amide bonds. The van der Waals surface area contributed by atoms with E-state index in [9.17, 15) is 0 Å². The zero-order valence-electron chi connectivity index (χ0n) is 8.03. The van der Waals surface area contributed by atoms with Gasteiger partial charge in [0.15, 0.2) is 0 Å². The van der Waals surface area contributed by atoms with Gasteiger partial charge in [0, 0.05) is 0 Å². The predicted molar refractivity (Wildman–Crippen MR) is 53.0 cm³/mol. The van der Waals surface area contributed by atoms with Crippen LogP contribution < -0.4 is 0 Å². The van der Waals surface area contributed by atoms with Gasteiger partial charge in [0.1, 0.15) is 0 Å². The zero-order chi connectivity index (χ0) is 9.98. The molecule has 0 spiro atoms. The van der Waals surface area contributed by atoms with Crippen molar-refractivity contribution in [3.63, 3.8) is 0 Å². The van der Waals surface area contributed by atoms with Crippen LogP contribution in [0.4, 0.5) is 0 Å². The van der Waals surface area contributed by atoms with Gasteiger partial charge in [-0.1, -0.05) is 12.2 Å². The lowest BCUT2D eigenvalue weighted by Crippen LogP contribution is -1.94. The molecule has 0 aromatic heterocycles. The summed E-state index contributed by atoms with van der Waals surface area (Å²) in [4.78, 5) is 0. The quantitative estimate of drug-likeness (QED) is 0.636. The van der Waals surface area contributed by atoms with Crippen LogP contribution in [-0.4, -0.2) is 22.4 Å². The molecule has 0 heterocycles. The van der Waals surface area contributed by atoms with Crippen molar-refractivity contribution in [2.45, 2.75) is 38.9 Å². The Morgan fingerprint density at radius 1 is 1.00 bits per heavy atom. The van der Waals surface area contributed by atoms with E-state index in [1.807, 2.05) is 0 Å². The van der Waals surface area contributed by atoms with E-state index in [1.54, 1.807) is 26.0 Å². The summed E-state index contributed by atoms with van der Waals surface area (Å²) in [7, 11) is 0. The van der Waals surface area contributed by atoms with E-state index in [2.05, 4.69) is 13.2 Å². The predicted octanol–water partition coefficient (Wildman–Crippen LogP) is 1.89. The minimum Gasteiger partial charge on any atom is -0.393 e. The first kappa shape index (κ1) is 14.0. The van der Waals surface area contributed by atoms with Gasteiger partial charge in [-0.2, -0.15) is 0 Å². The van der Waals surface area contributed by atoms with Crippen LogP contribution in [0.5, 0.6) is 0 Å². The van der Waals surface area contributed by atoms with Gasteiger partial charge in [-0.05, 0) is 26.7 Å².